The molecular weight excluding hydrogens is 322 g/mol. The number of rotatable bonds is 3. The third-order valence-corrected chi connectivity index (χ3v) is 4.82. The van der Waals surface area contributed by atoms with E-state index in [0.29, 0.717) is 5.95 Å². The minimum atomic E-state index is -1.08. The Hall–Kier alpha value is -2.80. The fourth-order valence-corrected chi connectivity index (χ4v) is 3.44. The highest BCUT2D eigenvalue weighted by Crippen LogP contribution is 2.26. The molecule has 0 aliphatic rings. The van der Waals surface area contributed by atoms with Crippen molar-refractivity contribution in [1.29, 1.82) is 0 Å². The van der Waals surface area contributed by atoms with Crippen molar-refractivity contribution < 1.29 is 4.21 Å². The summed E-state index contributed by atoms with van der Waals surface area (Å²) < 4.78 is 15.6. The predicted octanol–water partition coefficient (Wildman–Crippen LogP) is 2.56. The van der Waals surface area contributed by atoms with E-state index in [4.69, 9.17) is 0 Å². The molecule has 0 aliphatic heterocycles. The minimum Gasteiger partial charge on any atom is -0.284 e. The molecule has 0 bridgehead atoms. The van der Waals surface area contributed by atoms with Crippen LogP contribution in [0, 0.1) is 0 Å². The molecule has 0 aliphatic carbocycles. The number of aryl methyl sites for hydroxylation is 1. The van der Waals surface area contributed by atoms with Gasteiger partial charge in [-0.2, -0.15) is 5.10 Å². The molecule has 3 heterocycles. The van der Waals surface area contributed by atoms with Crippen LogP contribution in [-0.4, -0.2) is 34.8 Å². The Bertz CT molecular complexity index is 1050. The van der Waals surface area contributed by atoms with Gasteiger partial charge < -0.3 is 0 Å². The van der Waals surface area contributed by atoms with E-state index in [2.05, 4.69) is 15.1 Å². The lowest BCUT2D eigenvalue weighted by Crippen LogP contribution is -1.99. The lowest BCUT2D eigenvalue weighted by atomic mass is 10.2. The smallest absolute Gasteiger partial charge is 0.234 e. The van der Waals surface area contributed by atoms with Gasteiger partial charge in [0.2, 0.25) is 5.95 Å². The highest BCUT2D eigenvalue weighted by atomic mass is 32.2. The van der Waals surface area contributed by atoms with Crippen LogP contribution >= 0.6 is 0 Å². The number of para-hydroxylation sites is 1. The number of hydrogen-bond donors (Lipinski definition) is 0. The fraction of sp³-hybridized carbons (Fsp3) is 0.118. The average Bonchev–Trinajstić information content (AvgIpc) is 3.19. The zero-order valence-electron chi connectivity index (χ0n) is 13.2. The van der Waals surface area contributed by atoms with E-state index in [9.17, 15) is 4.21 Å². The molecular formula is C17H15N5OS. The predicted molar refractivity (Wildman–Crippen MR) is 93.4 cm³/mol. The molecule has 4 rings (SSSR count). The van der Waals surface area contributed by atoms with Crippen LogP contribution in [-0.2, 0) is 17.8 Å². The summed E-state index contributed by atoms with van der Waals surface area (Å²) in [5, 5.41) is 5.12. The van der Waals surface area contributed by atoms with Crippen molar-refractivity contribution in [2.45, 2.75) is 4.90 Å². The van der Waals surface area contributed by atoms with Crippen LogP contribution in [0.1, 0.15) is 0 Å². The second-order valence-corrected chi connectivity index (χ2v) is 6.86. The summed E-state index contributed by atoms with van der Waals surface area (Å²) in [6.07, 6.45) is 10.8. The van der Waals surface area contributed by atoms with Gasteiger partial charge in [-0.15, -0.1) is 0 Å². The number of fused-ring (bicyclic) bond motifs is 1. The van der Waals surface area contributed by atoms with Crippen LogP contribution in [0.25, 0.3) is 28.0 Å². The second-order valence-electron chi connectivity index (χ2n) is 5.51. The highest BCUT2D eigenvalue weighted by Gasteiger charge is 2.13. The topological polar surface area (TPSA) is 65.6 Å². The molecule has 3 aromatic heterocycles. The van der Waals surface area contributed by atoms with Gasteiger partial charge in [0.25, 0.3) is 0 Å². The Morgan fingerprint density at radius 3 is 2.42 bits per heavy atom. The van der Waals surface area contributed by atoms with Gasteiger partial charge in [0.15, 0.2) is 0 Å². The highest BCUT2D eigenvalue weighted by molar-refractivity contribution is 7.84. The quantitative estimate of drug-likeness (QED) is 0.576. The Labute approximate surface area is 141 Å². The van der Waals surface area contributed by atoms with Crippen molar-refractivity contribution in [3.05, 3.63) is 55.2 Å². The van der Waals surface area contributed by atoms with Crippen molar-refractivity contribution in [1.82, 2.24) is 24.3 Å². The van der Waals surface area contributed by atoms with Gasteiger partial charge in [0.05, 0.1) is 27.4 Å². The monoisotopic (exact) mass is 337 g/mol. The molecule has 6 nitrogen and oxygen atoms in total. The van der Waals surface area contributed by atoms with Gasteiger partial charge in [-0.25, -0.2) is 9.97 Å². The maximum Gasteiger partial charge on any atom is 0.234 e. The first kappa shape index (κ1) is 14.8. The molecule has 4 aromatic rings. The van der Waals surface area contributed by atoms with Crippen LogP contribution in [0.5, 0.6) is 0 Å². The molecule has 0 amide bonds. The van der Waals surface area contributed by atoms with Gasteiger partial charge >= 0.3 is 0 Å². The van der Waals surface area contributed by atoms with Crippen LogP contribution in [0.4, 0.5) is 0 Å². The lowest BCUT2D eigenvalue weighted by molar-refractivity contribution is 0.687. The zero-order valence-corrected chi connectivity index (χ0v) is 14.1. The summed E-state index contributed by atoms with van der Waals surface area (Å²) in [6.45, 7) is 0. The largest absolute Gasteiger partial charge is 0.284 e. The summed E-state index contributed by atoms with van der Waals surface area (Å²) in [7, 11) is 0.797. The molecule has 1 unspecified atom stereocenters. The zero-order chi connectivity index (χ0) is 16.7. The van der Waals surface area contributed by atoms with Gasteiger partial charge in [-0.05, 0) is 6.07 Å². The van der Waals surface area contributed by atoms with E-state index >= 15 is 0 Å². The number of nitrogens with zero attached hydrogens (tertiary/aromatic N) is 5. The first-order valence-electron chi connectivity index (χ1n) is 7.38. The molecule has 1 atom stereocenters. The Balaban J connectivity index is 1.82. The average molecular weight is 337 g/mol. The Morgan fingerprint density at radius 2 is 1.75 bits per heavy atom. The van der Waals surface area contributed by atoms with Crippen molar-refractivity contribution in [2.75, 3.05) is 6.26 Å². The van der Waals surface area contributed by atoms with Crippen LogP contribution in [0.15, 0.2) is 60.1 Å². The summed E-state index contributed by atoms with van der Waals surface area (Å²) in [4.78, 5) is 9.73. The van der Waals surface area contributed by atoms with Crippen LogP contribution in [0.2, 0.25) is 0 Å². The minimum absolute atomic E-state index is 0.551. The molecule has 0 N–H and O–H groups in total. The molecule has 0 radical (unpaired) electrons. The van der Waals surface area contributed by atoms with Crippen molar-refractivity contribution >= 4 is 21.7 Å². The standard InChI is InChI=1S/C17H15N5OS/c1-21-10-13(9-20-21)12-7-18-17(19-8-12)22-11-16(24(2)23)14-5-3-4-6-15(14)22/h3-11H,1-2H3. The second kappa shape index (κ2) is 5.68. The molecule has 24 heavy (non-hydrogen) atoms. The van der Waals surface area contributed by atoms with Gasteiger partial charge in [0.1, 0.15) is 0 Å². The van der Waals surface area contributed by atoms with E-state index in [1.165, 1.54) is 0 Å². The van der Waals surface area contributed by atoms with E-state index in [1.807, 2.05) is 48.3 Å². The van der Waals surface area contributed by atoms with E-state index in [-0.39, 0.29) is 0 Å². The summed E-state index contributed by atoms with van der Waals surface area (Å²) in [6, 6.07) is 7.83. The summed E-state index contributed by atoms with van der Waals surface area (Å²) in [5.74, 6) is 0.551. The molecule has 0 spiro atoms. The van der Waals surface area contributed by atoms with Gasteiger partial charge in [-0.1, -0.05) is 18.2 Å². The molecule has 0 saturated carbocycles. The maximum absolute atomic E-state index is 12.0. The molecule has 0 fully saturated rings. The van der Waals surface area contributed by atoms with Crippen LogP contribution < -0.4 is 0 Å². The Kier molecular flexibility index (Phi) is 3.50. The van der Waals surface area contributed by atoms with E-state index in [0.717, 1.165) is 26.9 Å². The third-order valence-electron chi connectivity index (χ3n) is 3.88. The SMILES string of the molecule is Cn1cc(-c2cnc(-n3cc(S(C)=O)c4ccccc43)nc2)cn1. The summed E-state index contributed by atoms with van der Waals surface area (Å²) in [5.41, 5.74) is 2.82. The molecule has 0 saturated heterocycles. The normalized spacial score (nSPS) is 12.6. The fourth-order valence-electron chi connectivity index (χ4n) is 2.71. The molecule has 7 heteroatoms. The number of hydrogen-bond acceptors (Lipinski definition) is 4. The lowest BCUT2D eigenvalue weighted by Gasteiger charge is -2.04. The Morgan fingerprint density at radius 1 is 1.00 bits per heavy atom. The van der Waals surface area contributed by atoms with Crippen molar-refractivity contribution in [3.63, 3.8) is 0 Å². The number of benzene rings is 1. The van der Waals surface area contributed by atoms with Gasteiger partial charge in [-0.3, -0.25) is 13.5 Å². The van der Waals surface area contributed by atoms with Crippen molar-refractivity contribution in [2.24, 2.45) is 7.05 Å². The van der Waals surface area contributed by atoms with Crippen molar-refractivity contribution in [3.8, 4) is 17.1 Å². The maximum atomic E-state index is 12.0. The van der Waals surface area contributed by atoms with E-state index in [1.54, 1.807) is 29.5 Å². The third kappa shape index (κ3) is 2.43. The summed E-state index contributed by atoms with van der Waals surface area (Å²) >= 11 is 0. The number of aromatic nitrogens is 5. The van der Waals surface area contributed by atoms with E-state index < -0.39 is 10.8 Å². The molecule has 1 aromatic carbocycles. The molecule has 120 valence electrons. The van der Waals surface area contributed by atoms with Crippen LogP contribution in [0.3, 0.4) is 0 Å². The first-order valence-corrected chi connectivity index (χ1v) is 8.94. The first-order chi connectivity index (χ1) is 11.6. The van der Waals surface area contributed by atoms with Gasteiger partial charge in [0, 0.05) is 54.6 Å².